The first-order valence-electron chi connectivity index (χ1n) is 19.0. The molecule has 0 bridgehead atoms. The number of rotatable bonds is 5. The zero-order valence-corrected chi connectivity index (χ0v) is 30.4. The standard InChI is InChI=1S/C51H30N4O2/c1-3-13-31(14-4-1)49-52-50(32-15-5-2-6-16-32)54-51(53-49)39-20-12-24-46-48(39)40-30-34(26-28-44(40)57-46)55-41-21-9-7-17-36(41)37-27-25-33(29-42(37)55)35-19-11-23-45-47(35)38-18-8-10-22-43(38)56-45/h1-30H. The molecule has 4 aromatic heterocycles. The van der Waals surface area contributed by atoms with Crippen LogP contribution in [0.2, 0.25) is 0 Å². The maximum absolute atomic E-state index is 6.55. The van der Waals surface area contributed by atoms with Crippen LogP contribution in [0.4, 0.5) is 0 Å². The minimum atomic E-state index is 0.587. The number of hydrogen-bond acceptors (Lipinski definition) is 5. The van der Waals surface area contributed by atoms with Crippen molar-refractivity contribution in [2.24, 2.45) is 0 Å². The topological polar surface area (TPSA) is 69.9 Å². The highest BCUT2D eigenvalue weighted by Crippen LogP contribution is 2.42. The maximum Gasteiger partial charge on any atom is 0.164 e. The molecule has 0 amide bonds. The lowest BCUT2D eigenvalue weighted by Crippen LogP contribution is -2.00. The number of para-hydroxylation sites is 2. The number of fused-ring (bicyclic) bond motifs is 9. The Labute approximate surface area is 325 Å². The van der Waals surface area contributed by atoms with Gasteiger partial charge in [0.05, 0.1) is 11.0 Å². The van der Waals surface area contributed by atoms with Crippen LogP contribution < -0.4 is 0 Å². The molecule has 4 heterocycles. The summed E-state index contributed by atoms with van der Waals surface area (Å²) in [6.07, 6.45) is 0. The Morgan fingerprint density at radius 3 is 1.63 bits per heavy atom. The Morgan fingerprint density at radius 1 is 0.333 bits per heavy atom. The molecular formula is C51H30N4O2. The Hall–Kier alpha value is -7.83. The molecule has 12 rings (SSSR count). The summed E-state index contributed by atoms with van der Waals surface area (Å²) in [6.45, 7) is 0. The van der Waals surface area contributed by atoms with E-state index in [1.165, 1.54) is 10.8 Å². The van der Waals surface area contributed by atoms with Gasteiger partial charge in [0, 0.05) is 54.7 Å². The van der Waals surface area contributed by atoms with Crippen molar-refractivity contribution in [2.75, 3.05) is 0 Å². The molecule has 0 atom stereocenters. The molecule has 0 aliphatic heterocycles. The van der Waals surface area contributed by atoms with Crippen LogP contribution in [0.5, 0.6) is 0 Å². The summed E-state index contributed by atoms with van der Waals surface area (Å²) in [5, 5.41) is 6.55. The lowest BCUT2D eigenvalue weighted by Gasteiger charge is -2.11. The predicted molar refractivity (Wildman–Crippen MR) is 230 cm³/mol. The molecule has 0 aliphatic carbocycles. The summed E-state index contributed by atoms with van der Waals surface area (Å²) in [6, 6.07) is 62.7. The van der Waals surface area contributed by atoms with Crippen molar-refractivity contribution in [3.63, 3.8) is 0 Å². The van der Waals surface area contributed by atoms with Crippen LogP contribution in [0.25, 0.3) is 117 Å². The van der Waals surface area contributed by atoms with Crippen molar-refractivity contribution in [2.45, 2.75) is 0 Å². The Morgan fingerprint density at radius 2 is 0.895 bits per heavy atom. The smallest absolute Gasteiger partial charge is 0.164 e. The highest BCUT2D eigenvalue weighted by molar-refractivity contribution is 6.16. The molecule has 0 unspecified atom stereocenters. The molecule has 0 fully saturated rings. The van der Waals surface area contributed by atoms with E-state index in [4.69, 9.17) is 23.8 Å². The summed E-state index contributed by atoms with van der Waals surface area (Å²) in [4.78, 5) is 15.1. The molecule has 0 spiro atoms. The second kappa shape index (κ2) is 12.3. The largest absolute Gasteiger partial charge is 0.456 e. The van der Waals surface area contributed by atoms with E-state index < -0.39 is 0 Å². The molecule has 0 radical (unpaired) electrons. The summed E-state index contributed by atoms with van der Waals surface area (Å²) in [7, 11) is 0. The van der Waals surface area contributed by atoms with Crippen LogP contribution >= 0.6 is 0 Å². The summed E-state index contributed by atoms with van der Waals surface area (Å²) < 4.78 is 15.2. The Balaban J connectivity index is 1.08. The molecule has 0 saturated carbocycles. The van der Waals surface area contributed by atoms with Crippen molar-refractivity contribution in [3.05, 3.63) is 182 Å². The van der Waals surface area contributed by atoms with Crippen LogP contribution in [0, 0.1) is 0 Å². The van der Waals surface area contributed by atoms with Crippen LogP contribution in [-0.2, 0) is 0 Å². The van der Waals surface area contributed by atoms with E-state index in [9.17, 15) is 0 Å². The fraction of sp³-hybridized carbons (Fsp3) is 0. The predicted octanol–water partition coefficient (Wildman–Crippen LogP) is 13.4. The number of hydrogen-bond donors (Lipinski definition) is 0. The number of aromatic nitrogens is 4. The van der Waals surface area contributed by atoms with E-state index in [-0.39, 0.29) is 0 Å². The van der Waals surface area contributed by atoms with E-state index in [2.05, 4.69) is 102 Å². The molecule has 0 saturated heterocycles. The second-order valence-corrected chi connectivity index (χ2v) is 14.4. The number of benzene rings is 8. The highest BCUT2D eigenvalue weighted by atomic mass is 16.3. The third-order valence-electron chi connectivity index (χ3n) is 11.1. The fourth-order valence-corrected chi connectivity index (χ4v) is 8.50. The minimum absolute atomic E-state index is 0.587. The van der Waals surface area contributed by atoms with Gasteiger partial charge in [0.15, 0.2) is 17.5 Å². The van der Waals surface area contributed by atoms with Crippen molar-refractivity contribution in [1.82, 2.24) is 19.5 Å². The molecule has 266 valence electrons. The maximum atomic E-state index is 6.55. The number of nitrogens with zero attached hydrogens (tertiary/aromatic N) is 4. The molecule has 0 N–H and O–H groups in total. The van der Waals surface area contributed by atoms with Gasteiger partial charge in [-0.2, -0.15) is 0 Å². The Kier molecular flexibility index (Phi) is 6.83. The first-order valence-corrected chi connectivity index (χ1v) is 19.0. The van der Waals surface area contributed by atoms with Gasteiger partial charge in [0.1, 0.15) is 22.3 Å². The van der Waals surface area contributed by atoms with Crippen LogP contribution in [0.1, 0.15) is 0 Å². The van der Waals surface area contributed by atoms with Gasteiger partial charge in [-0.15, -0.1) is 0 Å². The fourth-order valence-electron chi connectivity index (χ4n) is 8.50. The van der Waals surface area contributed by atoms with E-state index in [1.807, 2.05) is 84.9 Å². The second-order valence-electron chi connectivity index (χ2n) is 14.4. The number of furan rings is 2. The van der Waals surface area contributed by atoms with Gasteiger partial charge in [0.2, 0.25) is 0 Å². The summed E-state index contributed by atoms with van der Waals surface area (Å²) in [5.74, 6) is 1.82. The average molecular weight is 731 g/mol. The van der Waals surface area contributed by atoms with Gasteiger partial charge in [-0.05, 0) is 59.7 Å². The molecule has 6 heteroatoms. The minimum Gasteiger partial charge on any atom is -0.456 e. The van der Waals surface area contributed by atoms with Gasteiger partial charge in [0.25, 0.3) is 0 Å². The lowest BCUT2D eigenvalue weighted by atomic mass is 9.98. The van der Waals surface area contributed by atoms with Crippen molar-refractivity contribution < 1.29 is 8.83 Å². The summed E-state index contributed by atoms with van der Waals surface area (Å²) in [5.41, 5.74) is 11.6. The van der Waals surface area contributed by atoms with E-state index in [0.29, 0.717) is 17.5 Å². The molecule has 8 aromatic carbocycles. The molecule has 12 aromatic rings. The highest BCUT2D eigenvalue weighted by Gasteiger charge is 2.20. The van der Waals surface area contributed by atoms with Crippen molar-refractivity contribution in [3.8, 4) is 51.0 Å². The summed E-state index contributed by atoms with van der Waals surface area (Å²) >= 11 is 0. The zero-order valence-electron chi connectivity index (χ0n) is 30.4. The van der Waals surface area contributed by atoms with Crippen molar-refractivity contribution in [1.29, 1.82) is 0 Å². The van der Waals surface area contributed by atoms with Crippen LogP contribution in [0.15, 0.2) is 191 Å². The van der Waals surface area contributed by atoms with Crippen LogP contribution in [0.3, 0.4) is 0 Å². The lowest BCUT2D eigenvalue weighted by molar-refractivity contribution is 0.668. The quantitative estimate of drug-likeness (QED) is 0.176. The van der Waals surface area contributed by atoms with Crippen molar-refractivity contribution >= 4 is 65.7 Å². The SMILES string of the molecule is c1ccc(-c2nc(-c3ccccc3)nc(-c3cccc4oc5ccc(-n6c7ccccc7c7ccc(-c8cccc9oc%10ccccc%10c89)cc76)cc5c34)n2)cc1. The van der Waals surface area contributed by atoms with Gasteiger partial charge in [-0.3, -0.25) is 0 Å². The molecule has 57 heavy (non-hydrogen) atoms. The van der Waals surface area contributed by atoms with Crippen LogP contribution in [-0.4, -0.2) is 19.5 Å². The third kappa shape index (κ3) is 4.94. The first kappa shape index (κ1) is 31.5. The van der Waals surface area contributed by atoms with E-state index >= 15 is 0 Å². The molecular weight excluding hydrogens is 701 g/mol. The zero-order chi connectivity index (χ0) is 37.5. The molecule has 6 nitrogen and oxygen atoms in total. The van der Waals surface area contributed by atoms with Gasteiger partial charge < -0.3 is 13.4 Å². The average Bonchev–Trinajstić information content (AvgIpc) is 3.96. The normalized spacial score (nSPS) is 11.9. The Bertz CT molecular complexity index is 3470. The van der Waals surface area contributed by atoms with Gasteiger partial charge >= 0.3 is 0 Å². The van der Waals surface area contributed by atoms with Gasteiger partial charge in [-0.1, -0.05) is 133 Å². The molecule has 0 aliphatic rings. The van der Waals surface area contributed by atoms with E-state index in [0.717, 1.165) is 88.4 Å². The first-order chi connectivity index (χ1) is 28.2. The van der Waals surface area contributed by atoms with E-state index in [1.54, 1.807) is 0 Å². The third-order valence-corrected chi connectivity index (χ3v) is 11.1. The monoisotopic (exact) mass is 730 g/mol. The van der Waals surface area contributed by atoms with Gasteiger partial charge in [-0.25, -0.2) is 15.0 Å².